The summed E-state index contributed by atoms with van der Waals surface area (Å²) in [6.07, 6.45) is 0. The largest absolute Gasteiger partial charge is 0.489 e. The van der Waals surface area contributed by atoms with Gasteiger partial charge in [0.2, 0.25) is 0 Å². The van der Waals surface area contributed by atoms with Gasteiger partial charge in [-0.05, 0) is 48.9 Å². The molecule has 2 aromatic carbocycles. The molecule has 1 N–H and O–H groups in total. The average molecular weight is 334 g/mol. The van der Waals surface area contributed by atoms with Crippen molar-refractivity contribution < 1.29 is 4.74 Å². The smallest absolute Gasteiger partial charge is 0.120 e. The minimum Gasteiger partial charge on any atom is -0.489 e. The standard InChI is InChI=1S/C17H20BrNO/c1-3-19-13(2)15-5-4-6-17(11-15)20-12-14-7-9-16(18)10-8-14/h4-11,13,19H,3,12H2,1-2H3. The van der Waals surface area contributed by atoms with Crippen LogP contribution in [-0.4, -0.2) is 6.54 Å². The molecular weight excluding hydrogens is 314 g/mol. The van der Waals surface area contributed by atoms with Gasteiger partial charge in [0.15, 0.2) is 0 Å². The Bertz CT molecular complexity index is 539. The molecule has 2 nitrogen and oxygen atoms in total. The van der Waals surface area contributed by atoms with Gasteiger partial charge in [0.1, 0.15) is 12.4 Å². The van der Waals surface area contributed by atoms with Crippen molar-refractivity contribution in [1.29, 1.82) is 0 Å². The number of nitrogens with one attached hydrogen (secondary N) is 1. The average Bonchev–Trinajstić information content (AvgIpc) is 2.47. The third-order valence-corrected chi connectivity index (χ3v) is 3.72. The maximum Gasteiger partial charge on any atom is 0.120 e. The first kappa shape index (κ1) is 15.1. The van der Waals surface area contributed by atoms with E-state index in [0.717, 1.165) is 16.8 Å². The Morgan fingerprint density at radius 1 is 1.15 bits per heavy atom. The minimum absolute atomic E-state index is 0.344. The van der Waals surface area contributed by atoms with Crippen LogP contribution in [0.1, 0.15) is 31.0 Å². The molecule has 0 fully saturated rings. The van der Waals surface area contributed by atoms with Crippen LogP contribution < -0.4 is 10.1 Å². The molecule has 1 atom stereocenters. The molecule has 0 amide bonds. The van der Waals surface area contributed by atoms with Crippen LogP contribution in [0.2, 0.25) is 0 Å². The molecule has 0 spiro atoms. The highest BCUT2D eigenvalue weighted by Crippen LogP contribution is 2.20. The molecule has 0 saturated heterocycles. The zero-order chi connectivity index (χ0) is 14.4. The van der Waals surface area contributed by atoms with Crippen molar-refractivity contribution in [2.24, 2.45) is 0 Å². The van der Waals surface area contributed by atoms with Gasteiger partial charge in [-0.15, -0.1) is 0 Å². The zero-order valence-electron chi connectivity index (χ0n) is 11.9. The lowest BCUT2D eigenvalue weighted by Crippen LogP contribution is -2.17. The maximum absolute atomic E-state index is 5.86. The molecule has 3 heteroatoms. The van der Waals surface area contributed by atoms with E-state index in [2.05, 4.69) is 59.4 Å². The van der Waals surface area contributed by atoms with E-state index in [1.165, 1.54) is 11.1 Å². The number of benzene rings is 2. The molecule has 0 aliphatic rings. The first-order chi connectivity index (χ1) is 9.69. The van der Waals surface area contributed by atoms with Crippen LogP contribution in [0.3, 0.4) is 0 Å². The molecular formula is C17H20BrNO. The quantitative estimate of drug-likeness (QED) is 0.827. The zero-order valence-corrected chi connectivity index (χ0v) is 13.5. The summed E-state index contributed by atoms with van der Waals surface area (Å²) in [7, 11) is 0. The van der Waals surface area contributed by atoms with Gasteiger partial charge in [0, 0.05) is 10.5 Å². The summed E-state index contributed by atoms with van der Waals surface area (Å²) in [5.74, 6) is 0.912. The van der Waals surface area contributed by atoms with Crippen molar-refractivity contribution >= 4 is 15.9 Å². The van der Waals surface area contributed by atoms with E-state index in [1.807, 2.05) is 24.3 Å². The number of hydrogen-bond acceptors (Lipinski definition) is 2. The van der Waals surface area contributed by atoms with Crippen molar-refractivity contribution in [3.63, 3.8) is 0 Å². The molecule has 0 bridgehead atoms. The van der Waals surface area contributed by atoms with Crippen LogP contribution in [0.15, 0.2) is 53.0 Å². The third-order valence-electron chi connectivity index (χ3n) is 3.19. The molecule has 20 heavy (non-hydrogen) atoms. The van der Waals surface area contributed by atoms with E-state index in [-0.39, 0.29) is 0 Å². The Kier molecular flexibility index (Phi) is 5.62. The second kappa shape index (κ2) is 7.46. The van der Waals surface area contributed by atoms with Crippen LogP contribution in [0.5, 0.6) is 5.75 Å². The topological polar surface area (TPSA) is 21.3 Å². The van der Waals surface area contributed by atoms with E-state index in [4.69, 9.17) is 4.74 Å². The van der Waals surface area contributed by atoms with Crippen molar-refractivity contribution in [2.45, 2.75) is 26.5 Å². The number of ether oxygens (including phenoxy) is 1. The fourth-order valence-corrected chi connectivity index (χ4v) is 2.31. The highest BCUT2D eigenvalue weighted by atomic mass is 79.9. The first-order valence-electron chi connectivity index (χ1n) is 6.89. The lowest BCUT2D eigenvalue weighted by atomic mass is 10.1. The fraction of sp³-hybridized carbons (Fsp3) is 0.294. The summed E-state index contributed by atoms with van der Waals surface area (Å²) in [6, 6.07) is 16.8. The summed E-state index contributed by atoms with van der Waals surface area (Å²) in [4.78, 5) is 0. The summed E-state index contributed by atoms with van der Waals surface area (Å²) in [6.45, 7) is 5.83. The summed E-state index contributed by atoms with van der Waals surface area (Å²) < 4.78 is 6.94. The molecule has 106 valence electrons. The Labute approximate surface area is 129 Å². The summed E-state index contributed by atoms with van der Waals surface area (Å²) >= 11 is 3.43. The molecule has 0 radical (unpaired) electrons. The van der Waals surface area contributed by atoms with Gasteiger partial charge < -0.3 is 10.1 Å². The third kappa shape index (κ3) is 4.36. The number of rotatable bonds is 6. The van der Waals surface area contributed by atoms with Gasteiger partial charge in [-0.2, -0.15) is 0 Å². The fourth-order valence-electron chi connectivity index (χ4n) is 2.05. The van der Waals surface area contributed by atoms with Crippen molar-refractivity contribution in [3.05, 3.63) is 64.1 Å². The lowest BCUT2D eigenvalue weighted by Gasteiger charge is -2.14. The normalized spacial score (nSPS) is 12.2. The van der Waals surface area contributed by atoms with E-state index in [0.29, 0.717) is 12.6 Å². The summed E-state index contributed by atoms with van der Waals surface area (Å²) in [5, 5.41) is 3.41. The van der Waals surface area contributed by atoms with Gasteiger partial charge in [-0.25, -0.2) is 0 Å². The highest BCUT2D eigenvalue weighted by molar-refractivity contribution is 9.10. The number of hydrogen-bond donors (Lipinski definition) is 1. The molecule has 0 aliphatic carbocycles. The monoisotopic (exact) mass is 333 g/mol. The molecule has 1 unspecified atom stereocenters. The van der Waals surface area contributed by atoms with Crippen LogP contribution in [0.4, 0.5) is 0 Å². The highest BCUT2D eigenvalue weighted by Gasteiger charge is 2.05. The van der Waals surface area contributed by atoms with Crippen molar-refractivity contribution in [3.8, 4) is 5.75 Å². The van der Waals surface area contributed by atoms with Crippen molar-refractivity contribution in [2.75, 3.05) is 6.54 Å². The molecule has 2 aromatic rings. The molecule has 0 saturated carbocycles. The van der Waals surface area contributed by atoms with Gasteiger partial charge in [0.05, 0.1) is 0 Å². The molecule has 2 rings (SSSR count). The molecule has 0 heterocycles. The Morgan fingerprint density at radius 2 is 1.90 bits per heavy atom. The SMILES string of the molecule is CCNC(C)c1cccc(OCc2ccc(Br)cc2)c1. The predicted octanol–water partition coefficient (Wildman–Crippen LogP) is 4.70. The van der Waals surface area contributed by atoms with Crippen LogP contribution in [0.25, 0.3) is 0 Å². The van der Waals surface area contributed by atoms with Crippen molar-refractivity contribution in [1.82, 2.24) is 5.32 Å². The van der Waals surface area contributed by atoms with Crippen LogP contribution in [0, 0.1) is 0 Å². The van der Waals surface area contributed by atoms with Gasteiger partial charge >= 0.3 is 0 Å². The Balaban J connectivity index is 1.99. The van der Waals surface area contributed by atoms with Crippen LogP contribution in [-0.2, 0) is 6.61 Å². The van der Waals surface area contributed by atoms with E-state index < -0.39 is 0 Å². The molecule has 0 aliphatic heterocycles. The summed E-state index contributed by atoms with van der Waals surface area (Å²) in [5.41, 5.74) is 2.42. The van der Waals surface area contributed by atoms with E-state index in [9.17, 15) is 0 Å². The predicted molar refractivity (Wildman–Crippen MR) is 87.0 cm³/mol. The minimum atomic E-state index is 0.344. The first-order valence-corrected chi connectivity index (χ1v) is 7.69. The van der Waals surface area contributed by atoms with E-state index >= 15 is 0 Å². The van der Waals surface area contributed by atoms with Crippen LogP contribution >= 0.6 is 15.9 Å². The Morgan fingerprint density at radius 3 is 2.60 bits per heavy atom. The Hall–Kier alpha value is -1.32. The lowest BCUT2D eigenvalue weighted by molar-refractivity contribution is 0.305. The molecule has 0 aromatic heterocycles. The second-order valence-corrected chi connectivity index (χ2v) is 5.68. The second-order valence-electron chi connectivity index (χ2n) is 4.77. The van der Waals surface area contributed by atoms with E-state index in [1.54, 1.807) is 0 Å². The van der Waals surface area contributed by atoms with Gasteiger partial charge in [-0.1, -0.05) is 47.1 Å². The number of halogens is 1. The van der Waals surface area contributed by atoms with Gasteiger partial charge in [0.25, 0.3) is 0 Å². The van der Waals surface area contributed by atoms with Gasteiger partial charge in [-0.3, -0.25) is 0 Å². The maximum atomic E-state index is 5.86.